The third-order valence-electron chi connectivity index (χ3n) is 2.27. The molecule has 0 bridgehead atoms. The maximum Gasteiger partial charge on any atom is 0.214 e. The highest BCUT2D eigenvalue weighted by atomic mass is 16.1. The average Bonchev–Trinajstić information content (AvgIpc) is 2.84. The molecule has 0 fully saturated rings. The molecule has 0 aliphatic rings. The number of carbonyl (C=O) groups is 1. The first-order valence-corrected chi connectivity index (χ1v) is 4.76. The molecule has 2 aromatic rings. The molecule has 0 radical (unpaired) electrons. The number of aromatic nitrogens is 4. The van der Waals surface area contributed by atoms with Gasteiger partial charge in [0.15, 0.2) is 0 Å². The first-order chi connectivity index (χ1) is 7.22. The Morgan fingerprint density at radius 3 is 2.80 bits per heavy atom. The van der Waals surface area contributed by atoms with Gasteiger partial charge in [0.05, 0.1) is 24.3 Å². The van der Waals surface area contributed by atoms with E-state index >= 15 is 0 Å². The molecule has 0 unspecified atom stereocenters. The molecule has 0 aliphatic heterocycles. The fourth-order valence-electron chi connectivity index (χ4n) is 1.38. The lowest BCUT2D eigenvalue weighted by molar-refractivity contribution is 0.103. The fraction of sp³-hybridized carbons (Fsp3) is 0.300. The molecule has 0 N–H and O–H groups in total. The molecule has 0 saturated carbocycles. The van der Waals surface area contributed by atoms with Crippen molar-refractivity contribution in [2.75, 3.05) is 0 Å². The third kappa shape index (κ3) is 1.68. The van der Waals surface area contributed by atoms with E-state index in [1.807, 2.05) is 6.92 Å². The number of nitrogens with zero attached hydrogens (tertiary/aromatic N) is 4. The van der Waals surface area contributed by atoms with Crippen LogP contribution in [-0.2, 0) is 13.6 Å². The minimum Gasteiger partial charge on any atom is -0.331 e. The van der Waals surface area contributed by atoms with Crippen LogP contribution in [0.3, 0.4) is 0 Å². The number of rotatable bonds is 3. The van der Waals surface area contributed by atoms with Crippen molar-refractivity contribution in [2.24, 2.45) is 7.05 Å². The molecular weight excluding hydrogens is 192 g/mol. The van der Waals surface area contributed by atoms with Crippen LogP contribution < -0.4 is 0 Å². The van der Waals surface area contributed by atoms with Crippen LogP contribution in [0.5, 0.6) is 0 Å². The van der Waals surface area contributed by atoms with E-state index < -0.39 is 0 Å². The zero-order chi connectivity index (χ0) is 10.8. The van der Waals surface area contributed by atoms with Gasteiger partial charge in [0.1, 0.15) is 5.69 Å². The molecule has 5 nitrogen and oxygen atoms in total. The number of hydrogen-bond acceptors (Lipinski definition) is 3. The van der Waals surface area contributed by atoms with E-state index in [4.69, 9.17) is 0 Å². The van der Waals surface area contributed by atoms with Crippen LogP contribution in [0.2, 0.25) is 0 Å². The van der Waals surface area contributed by atoms with Crippen LogP contribution in [0.25, 0.3) is 0 Å². The number of hydrogen-bond donors (Lipinski definition) is 0. The molecular formula is C10H12N4O. The summed E-state index contributed by atoms with van der Waals surface area (Å²) in [7, 11) is 1.80. The predicted octanol–water partition coefficient (Wildman–Crippen LogP) is 0.867. The second kappa shape index (κ2) is 3.68. The van der Waals surface area contributed by atoms with Crippen molar-refractivity contribution in [1.82, 2.24) is 19.3 Å². The Kier molecular flexibility index (Phi) is 2.37. The molecule has 0 aromatic carbocycles. The van der Waals surface area contributed by atoms with Crippen molar-refractivity contribution < 1.29 is 4.79 Å². The zero-order valence-corrected chi connectivity index (χ0v) is 8.71. The molecule has 0 aliphatic carbocycles. The summed E-state index contributed by atoms with van der Waals surface area (Å²) in [6.45, 7) is 2.74. The number of imidazole rings is 1. The summed E-state index contributed by atoms with van der Waals surface area (Å²) in [5, 5.41) is 4.06. The highest BCUT2D eigenvalue weighted by Crippen LogP contribution is 2.07. The van der Waals surface area contributed by atoms with Crippen molar-refractivity contribution >= 4 is 5.78 Å². The molecule has 0 amide bonds. The van der Waals surface area contributed by atoms with E-state index in [1.54, 1.807) is 41.2 Å². The SMILES string of the molecule is CCn1cc(C(=O)c2cncn2C)cn1. The number of ketones is 1. The first-order valence-electron chi connectivity index (χ1n) is 4.76. The Balaban J connectivity index is 2.32. The van der Waals surface area contributed by atoms with Crippen LogP contribution in [0.4, 0.5) is 0 Å². The Bertz CT molecular complexity index is 483. The van der Waals surface area contributed by atoms with Gasteiger partial charge in [-0.05, 0) is 6.92 Å². The molecule has 0 saturated heterocycles. The van der Waals surface area contributed by atoms with Gasteiger partial charge in [-0.15, -0.1) is 0 Å². The quantitative estimate of drug-likeness (QED) is 0.697. The van der Waals surface area contributed by atoms with Crippen molar-refractivity contribution in [2.45, 2.75) is 13.5 Å². The topological polar surface area (TPSA) is 52.7 Å². The van der Waals surface area contributed by atoms with Crippen LogP contribution in [0.15, 0.2) is 24.9 Å². The lowest BCUT2D eigenvalue weighted by Gasteiger charge is -1.97. The largest absolute Gasteiger partial charge is 0.331 e. The normalized spacial score (nSPS) is 10.5. The molecule has 15 heavy (non-hydrogen) atoms. The predicted molar refractivity (Wildman–Crippen MR) is 54.5 cm³/mol. The van der Waals surface area contributed by atoms with E-state index in [-0.39, 0.29) is 5.78 Å². The zero-order valence-electron chi connectivity index (χ0n) is 8.71. The highest BCUT2D eigenvalue weighted by Gasteiger charge is 2.14. The summed E-state index contributed by atoms with van der Waals surface area (Å²) in [6, 6.07) is 0. The van der Waals surface area contributed by atoms with Gasteiger partial charge in [-0.3, -0.25) is 9.48 Å². The van der Waals surface area contributed by atoms with E-state index in [0.29, 0.717) is 11.3 Å². The molecule has 2 heterocycles. The maximum atomic E-state index is 11.9. The molecule has 78 valence electrons. The van der Waals surface area contributed by atoms with Gasteiger partial charge in [0.2, 0.25) is 5.78 Å². The van der Waals surface area contributed by atoms with Gasteiger partial charge < -0.3 is 4.57 Å². The minimum atomic E-state index is -0.0466. The van der Waals surface area contributed by atoms with E-state index in [0.717, 1.165) is 6.54 Å². The average molecular weight is 204 g/mol. The van der Waals surface area contributed by atoms with Crippen LogP contribution in [0, 0.1) is 0 Å². The van der Waals surface area contributed by atoms with Crippen molar-refractivity contribution in [3.63, 3.8) is 0 Å². The summed E-state index contributed by atoms with van der Waals surface area (Å²) >= 11 is 0. The third-order valence-corrected chi connectivity index (χ3v) is 2.27. The monoisotopic (exact) mass is 204 g/mol. The lowest BCUT2D eigenvalue weighted by Crippen LogP contribution is -2.05. The van der Waals surface area contributed by atoms with Crippen molar-refractivity contribution in [1.29, 1.82) is 0 Å². The highest BCUT2D eigenvalue weighted by molar-refractivity contribution is 6.07. The van der Waals surface area contributed by atoms with Crippen molar-refractivity contribution in [3.8, 4) is 0 Å². The van der Waals surface area contributed by atoms with E-state index in [1.165, 1.54) is 0 Å². The molecule has 0 spiro atoms. The molecule has 0 atom stereocenters. The second-order valence-electron chi connectivity index (χ2n) is 3.30. The van der Waals surface area contributed by atoms with Gasteiger partial charge >= 0.3 is 0 Å². The summed E-state index contributed by atoms with van der Waals surface area (Å²) in [6.07, 6.45) is 6.50. The Labute approximate surface area is 87.4 Å². The summed E-state index contributed by atoms with van der Waals surface area (Å²) in [5.41, 5.74) is 1.17. The Morgan fingerprint density at radius 1 is 1.47 bits per heavy atom. The Hall–Kier alpha value is -1.91. The summed E-state index contributed by atoms with van der Waals surface area (Å²) < 4.78 is 3.43. The standard InChI is InChI=1S/C10H12N4O/c1-3-14-6-8(4-12-14)10(15)9-5-11-7-13(9)2/h4-7H,3H2,1-2H3. The molecule has 5 heteroatoms. The van der Waals surface area contributed by atoms with E-state index in [9.17, 15) is 4.79 Å². The van der Waals surface area contributed by atoms with Crippen LogP contribution >= 0.6 is 0 Å². The summed E-state index contributed by atoms with van der Waals surface area (Å²) in [5.74, 6) is -0.0466. The van der Waals surface area contributed by atoms with Crippen LogP contribution in [-0.4, -0.2) is 25.1 Å². The van der Waals surface area contributed by atoms with E-state index in [2.05, 4.69) is 10.1 Å². The van der Waals surface area contributed by atoms with Crippen LogP contribution in [0.1, 0.15) is 23.0 Å². The molecule has 2 aromatic heterocycles. The smallest absolute Gasteiger partial charge is 0.214 e. The number of carbonyl (C=O) groups excluding carboxylic acids is 1. The minimum absolute atomic E-state index is 0.0466. The first kappa shape index (κ1) is 9.64. The van der Waals surface area contributed by atoms with Gasteiger partial charge in [0, 0.05) is 19.8 Å². The lowest BCUT2D eigenvalue weighted by atomic mass is 10.2. The molecule has 2 rings (SSSR count). The fourth-order valence-corrected chi connectivity index (χ4v) is 1.38. The van der Waals surface area contributed by atoms with Gasteiger partial charge in [-0.1, -0.05) is 0 Å². The van der Waals surface area contributed by atoms with Gasteiger partial charge in [-0.2, -0.15) is 5.10 Å². The number of aryl methyl sites for hydroxylation is 2. The van der Waals surface area contributed by atoms with Crippen molar-refractivity contribution in [3.05, 3.63) is 36.2 Å². The second-order valence-corrected chi connectivity index (χ2v) is 3.30. The maximum absolute atomic E-state index is 11.9. The van der Waals surface area contributed by atoms with Gasteiger partial charge in [-0.25, -0.2) is 4.98 Å². The summed E-state index contributed by atoms with van der Waals surface area (Å²) in [4.78, 5) is 15.9. The van der Waals surface area contributed by atoms with Gasteiger partial charge in [0.25, 0.3) is 0 Å². The Morgan fingerprint density at radius 2 is 2.27 bits per heavy atom.